The molecule has 0 aliphatic heterocycles. The van der Waals surface area contributed by atoms with Gasteiger partial charge in [-0.15, -0.1) is 0 Å². The minimum atomic E-state index is -0.245. The van der Waals surface area contributed by atoms with E-state index in [2.05, 4.69) is 45.0 Å². The normalized spacial score (nSPS) is 13.4. The number of hydrogen-bond acceptors (Lipinski definition) is 4. The second kappa shape index (κ2) is 8.39. The number of nitrogens with zero attached hydrogens (tertiary/aromatic N) is 2. The zero-order valence-corrected chi connectivity index (χ0v) is 14.4. The van der Waals surface area contributed by atoms with Crippen LogP contribution in [0.4, 0.5) is 0 Å². The fraction of sp³-hybridized carbons (Fsp3) is 0.812. The molecule has 0 aliphatic carbocycles. The summed E-state index contributed by atoms with van der Waals surface area (Å²) in [6.45, 7) is 13.0. The van der Waals surface area contributed by atoms with Crippen molar-refractivity contribution in [3.63, 3.8) is 0 Å². The smallest absolute Gasteiger partial charge is 0.161 e. The Balaban J connectivity index is 3.36. The number of ether oxygens (including phenoxy) is 2. The van der Waals surface area contributed by atoms with Crippen LogP contribution in [0.25, 0.3) is 0 Å². The number of hydrogen-bond donors (Lipinski definition) is 1. The maximum atomic E-state index is 6.21. The van der Waals surface area contributed by atoms with Crippen molar-refractivity contribution in [1.29, 1.82) is 0 Å². The second-order valence-electron chi connectivity index (χ2n) is 5.11. The van der Waals surface area contributed by atoms with E-state index in [0.29, 0.717) is 6.61 Å². The average molecular weight is 297 g/mol. The summed E-state index contributed by atoms with van der Waals surface area (Å²) in [5.74, 6) is 0.828. The Morgan fingerprint density at radius 3 is 2.33 bits per heavy atom. The van der Waals surface area contributed by atoms with E-state index in [1.807, 2.05) is 4.68 Å². The Morgan fingerprint density at radius 2 is 1.90 bits per heavy atom. The molecule has 0 aliphatic rings. The summed E-state index contributed by atoms with van der Waals surface area (Å²) in [6, 6.07) is 0.0647. The van der Waals surface area contributed by atoms with Crippen molar-refractivity contribution < 1.29 is 9.47 Å². The third kappa shape index (κ3) is 3.58. The van der Waals surface area contributed by atoms with E-state index >= 15 is 0 Å². The molecule has 0 spiro atoms. The summed E-state index contributed by atoms with van der Waals surface area (Å²) in [4.78, 5) is 0. The fourth-order valence-corrected chi connectivity index (χ4v) is 3.05. The van der Waals surface area contributed by atoms with Crippen LogP contribution in [0.2, 0.25) is 0 Å². The molecule has 0 aromatic carbocycles. The minimum absolute atomic E-state index is 0.0647. The highest BCUT2D eigenvalue weighted by molar-refractivity contribution is 5.31. The Hall–Kier alpha value is -1.07. The van der Waals surface area contributed by atoms with Gasteiger partial charge in [-0.1, -0.05) is 20.8 Å². The van der Waals surface area contributed by atoms with E-state index in [-0.39, 0.29) is 11.6 Å². The number of rotatable bonds is 10. The summed E-state index contributed by atoms with van der Waals surface area (Å²) < 4.78 is 13.8. The van der Waals surface area contributed by atoms with E-state index < -0.39 is 0 Å². The molecule has 1 unspecified atom stereocenters. The molecule has 1 aromatic heterocycles. The molecular formula is C16H31N3O2. The number of methoxy groups -OCH3 is 1. The lowest BCUT2D eigenvalue weighted by atomic mass is 9.85. The molecule has 1 atom stereocenters. The first kappa shape index (κ1) is 18.0. The third-order valence-electron chi connectivity index (χ3n) is 4.20. The van der Waals surface area contributed by atoms with E-state index in [9.17, 15) is 0 Å². The molecule has 0 bridgehead atoms. The Morgan fingerprint density at radius 1 is 1.24 bits per heavy atom. The van der Waals surface area contributed by atoms with Crippen molar-refractivity contribution in [3.05, 3.63) is 11.9 Å². The summed E-state index contributed by atoms with van der Waals surface area (Å²) in [5, 5.41) is 8.04. The highest BCUT2D eigenvalue weighted by Gasteiger charge is 2.40. The molecule has 0 saturated heterocycles. The quantitative estimate of drug-likeness (QED) is 0.720. The van der Waals surface area contributed by atoms with Crippen LogP contribution in [0.5, 0.6) is 5.75 Å². The molecule has 0 saturated carbocycles. The highest BCUT2D eigenvalue weighted by Crippen LogP contribution is 2.39. The minimum Gasteiger partial charge on any atom is -0.493 e. The van der Waals surface area contributed by atoms with E-state index in [4.69, 9.17) is 9.47 Å². The van der Waals surface area contributed by atoms with Crippen molar-refractivity contribution in [2.24, 2.45) is 0 Å². The maximum Gasteiger partial charge on any atom is 0.161 e. The second-order valence-corrected chi connectivity index (χ2v) is 5.11. The fourth-order valence-electron chi connectivity index (χ4n) is 3.05. The Kier molecular flexibility index (Phi) is 7.18. The van der Waals surface area contributed by atoms with E-state index in [1.165, 1.54) is 0 Å². The first-order chi connectivity index (χ1) is 10.1. The molecule has 0 fully saturated rings. The highest BCUT2D eigenvalue weighted by atomic mass is 16.5. The molecule has 1 heterocycles. The van der Waals surface area contributed by atoms with Crippen LogP contribution in [-0.2, 0) is 11.3 Å². The molecule has 1 rings (SSSR count). The van der Waals surface area contributed by atoms with Crippen LogP contribution in [0, 0.1) is 0 Å². The van der Waals surface area contributed by atoms with Gasteiger partial charge in [-0.05, 0) is 33.2 Å². The van der Waals surface area contributed by atoms with Gasteiger partial charge in [0.05, 0.1) is 24.9 Å². The molecule has 0 amide bonds. The van der Waals surface area contributed by atoms with E-state index in [1.54, 1.807) is 13.3 Å². The number of nitrogens with one attached hydrogen (secondary N) is 1. The largest absolute Gasteiger partial charge is 0.493 e. The first-order valence-electron chi connectivity index (χ1n) is 8.10. The molecular weight excluding hydrogens is 266 g/mol. The van der Waals surface area contributed by atoms with Gasteiger partial charge in [-0.3, -0.25) is 4.68 Å². The summed E-state index contributed by atoms with van der Waals surface area (Å²) in [6.07, 6.45) is 3.67. The number of aryl methyl sites for hydroxylation is 1. The molecule has 122 valence electrons. The van der Waals surface area contributed by atoms with Crippen molar-refractivity contribution in [2.45, 2.75) is 65.6 Å². The molecule has 21 heavy (non-hydrogen) atoms. The van der Waals surface area contributed by atoms with Crippen LogP contribution in [0.15, 0.2) is 6.20 Å². The summed E-state index contributed by atoms with van der Waals surface area (Å²) in [7, 11) is 1.70. The average Bonchev–Trinajstić information content (AvgIpc) is 2.93. The van der Waals surface area contributed by atoms with Gasteiger partial charge in [-0.2, -0.15) is 5.10 Å². The van der Waals surface area contributed by atoms with Gasteiger partial charge in [0.2, 0.25) is 0 Å². The van der Waals surface area contributed by atoms with Gasteiger partial charge >= 0.3 is 0 Å². The monoisotopic (exact) mass is 297 g/mol. The van der Waals surface area contributed by atoms with Gasteiger partial charge in [0.15, 0.2) is 5.75 Å². The van der Waals surface area contributed by atoms with Crippen LogP contribution in [0.1, 0.15) is 59.2 Å². The molecule has 0 radical (unpaired) electrons. The zero-order valence-electron chi connectivity index (χ0n) is 14.4. The third-order valence-corrected chi connectivity index (χ3v) is 4.20. The van der Waals surface area contributed by atoms with Crippen molar-refractivity contribution >= 4 is 0 Å². The molecule has 5 nitrogen and oxygen atoms in total. The van der Waals surface area contributed by atoms with Gasteiger partial charge in [0.1, 0.15) is 5.69 Å². The summed E-state index contributed by atoms with van der Waals surface area (Å²) in [5.41, 5.74) is 0.837. The van der Waals surface area contributed by atoms with Crippen LogP contribution < -0.4 is 10.1 Å². The van der Waals surface area contributed by atoms with Gasteiger partial charge < -0.3 is 14.8 Å². The van der Waals surface area contributed by atoms with Crippen molar-refractivity contribution in [2.75, 3.05) is 20.3 Å². The van der Waals surface area contributed by atoms with Crippen LogP contribution >= 0.6 is 0 Å². The standard InChI is InChI=1S/C16H31N3O2/c1-7-16(8-2,21-11-5)15(17-9-3)14-13(20-6)12-18-19(14)10-4/h12,15,17H,7-11H2,1-6H3. The van der Waals surface area contributed by atoms with Crippen molar-refractivity contribution in [1.82, 2.24) is 15.1 Å². The molecule has 1 N–H and O–H groups in total. The molecule has 1 aromatic rings. The predicted molar refractivity (Wildman–Crippen MR) is 85.8 cm³/mol. The van der Waals surface area contributed by atoms with Crippen LogP contribution in [0.3, 0.4) is 0 Å². The van der Waals surface area contributed by atoms with Gasteiger partial charge in [0, 0.05) is 13.2 Å². The predicted octanol–water partition coefficient (Wildman–Crippen LogP) is 3.16. The zero-order chi connectivity index (χ0) is 15.9. The summed E-state index contributed by atoms with van der Waals surface area (Å²) >= 11 is 0. The number of likely N-dealkylation sites (N-methyl/N-ethyl adjacent to an activating group) is 1. The topological polar surface area (TPSA) is 48.3 Å². The lowest BCUT2D eigenvalue weighted by molar-refractivity contribution is -0.0752. The van der Waals surface area contributed by atoms with E-state index in [0.717, 1.165) is 37.4 Å². The Labute approximate surface area is 129 Å². The molecule has 5 heteroatoms. The lowest BCUT2D eigenvalue weighted by Crippen LogP contribution is -2.46. The van der Waals surface area contributed by atoms with Crippen LogP contribution in [-0.4, -0.2) is 35.6 Å². The maximum absolute atomic E-state index is 6.21. The lowest BCUT2D eigenvalue weighted by Gasteiger charge is -2.40. The SMILES string of the molecule is CCNC(c1c(OC)cnn1CC)C(CC)(CC)OCC. The van der Waals surface area contributed by atoms with Gasteiger partial charge in [0.25, 0.3) is 0 Å². The van der Waals surface area contributed by atoms with Crippen molar-refractivity contribution in [3.8, 4) is 5.75 Å². The number of aromatic nitrogens is 2. The first-order valence-corrected chi connectivity index (χ1v) is 8.10. The Bertz CT molecular complexity index is 392. The van der Waals surface area contributed by atoms with Gasteiger partial charge in [-0.25, -0.2) is 0 Å².